The summed E-state index contributed by atoms with van der Waals surface area (Å²) >= 11 is 0. The second kappa shape index (κ2) is 6.92. The van der Waals surface area contributed by atoms with Gasteiger partial charge in [-0.15, -0.1) is 0 Å². The number of amides is 2. The van der Waals surface area contributed by atoms with Crippen LogP contribution in [0.25, 0.3) is 0 Å². The number of aryl methyl sites for hydroxylation is 1. The molecule has 0 aliphatic carbocycles. The smallest absolute Gasteiger partial charge is 0.242 e. The molecule has 4 heteroatoms. The number of benzene rings is 1. The average Bonchev–Trinajstić information content (AvgIpc) is 2.38. The molecule has 19 heavy (non-hydrogen) atoms. The van der Waals surface area contributed by atoms with E-state index in [1.165, 1.54) is 11.8 Å². The Bertz CT molecular complexity index is 436. The topological polar surface area (TPSA) is 40.6 Å². The van der Waals surface area contributed by atoms with Crippen LogP contribution in [0.15, 0.2) is 24.3 Å². The van der Waals surface area contributed by atoms with E-state index in [4.69, 9.17) is 0 Å². The monoisotopic (exact) mass is 262 g/mol. The first kappa shape index (κ1) is 15.2. The van der Waals surface area contributed by atoms with Crippen LogP contribution >= 0.6 is 0 Å². The summed E-state index contributed by atoms with van der Waals surface area (Å²) in [5, 5.41) is 0. The van der Waals surface area contributed by atoms with Gasteiger partial charge < -0.3 is 9.80 Å². The predicted octanol–water partition coefficient (Wildman–Crippen LogP) is 2.22. The van der Waals surface area contributed by atoms with Crippen LogP contribution in [-0.4, -0.2) is 36.3 Å². The number of rotatable bonds is 5. The highest BCUT2D eigenvalue weighted by molar-refractivity contribution is 5.97. The van der Waals surface area contributed by atoms with Gasteiger partial charge in [-0.1, -0.05) is 17.7 Å². The van der Waals surface area contributed by atoms with Crippen molar-refractivity contribution < 1.29 is 9.59 Å². The third-order valence-corrected chi connectivity index (χ3v) is 3.14. The Kier molecular flexibility index (Phi) is 5.55. The molecule has 0 aliphatic rings. The molecular formula is C15H22N2O2. The number of hydrogen-bond donors (Lipinski definition) is 0. The standard InChI is InChI=1S/C15H22N2O2/c1-5-16(6-2)15(19)11-17(13(4)18)14-9-7-12(3)8-10-14/h7-10H,5-6,11H2,1-4H3. The zero-order valence-corrected chi connectivity index (χ0v) is 12.1. The van der Waals surface area contributed by atoms with E-state index in [9.17, 15) is 9.59 Å². The highest BCUT2D eigenvalue weighted by atomic mass is 16.2. The van der Waals surface area contributed by atoms with Gasteiger partial charge in [-0.2, -0.15) is 0 Å². The van der Waals surface area contributed by atoms with Gasteiger partial charge in [-0.25, -0.2) is 0 Å². The molecule has 0 N–H and O–H groups in total. The number of likely N-dealkylation sites (N-methyl/N-ethyl adjacent to an activating group) is 1. The van der Waals surface area contributed by atoms with E-state index in [1.807, 2.05) is 45.0 Å². The fourth-order valence-corrected chi connectivity index (χ4v) is 1.92. The summed E-state index contributed by atoms with van der Waals surface area (Å²) in [5.41, 5.74) is 1.89. The fourth-order valence-electron chi connectivity index (χ4n) is 1.92. The summed E-state index contributed by atoms with van der Waals surface area (Å²) in [6.45, 7) is 8.76. The molecule has 0 saturated carbocycles. The maximum atomic E-state index is 12.1. The molecule has 0 unspecified atom stereocenters. The minimum Gasteiger partial charge on any atom is -0.342 e. The zero-order valence-electron chi connectivity index (χ0n) is 12.1. The molecule has 0 bridgehead atoms. The van der Waals surface area contributed by atoms with Gasteiger partial charge in [-0.3, -0.25) is 9.59 Å². The maximum absolute atomic E-state index is 12.1. The van der Waals surface area contributed by atoms with Crippen LogP contribution in [0.5, 0.6) is 0 Å². The lowest BCUT2D eigenvalue weighted by Crippen LogP contribution is -2.42. The van der Waals surface area contributed by atoms with E-state index >= 15 is 0 Å². The number of anilines is 1. The molecule has 0 atom stereocenters. The summed E-state index contributed by atoms with van der Waals surface area (Å²) in [7, 11) is 0. The lowest BCUT2D eigenvalue weighted by Gasteiger charge is -2.25. The van der Waals surface area contributed by atoms with Crippen molar-refractivity contribution in [3.05, 3.63) is 29.8 Å². The molecule has 0 heterocycles. The SMILES string of the molecule is CCN(CC)C(=O)CN(C(C)=O)c1ccc(C)cc1. The molecule has 4 nitrogen and oxygen atoms in total. The van der Waals surface area contributed by atoms with Crippen LogP contribution in [0.4, 0.5) is 5.69 Å². The number of hydrogen-bond acceptors (Lipinski definition) is 2. The first-order valence-corrected chi connectivity index (χ1v) is 6.62. The molecule has 0 aliphatic heterocycles. The Morgan fingerprint density at radius 2 is 1.58 bits per heavy atom. The van der Waals surface area contributed by atoms with Gasteiger partial charge in [0.2, 0.25) is 11.8 Å². The van der Waals surface area contributed by atoms with Gasteiger partial charge in [0.05, 0.1) is 0 Å². The van der Waals surface area contributed by atoms with Crippen molar-refractivity contribution in [1.82, 2.24) is 4.90 Å². The van der Waals surface area contributed by atoms with E-state index in [2.05, 4.69) is 0 Å². The lowest BCUT2D eigenvalue weighted by molar-refractivity contribution is -0.130. The summed E-state index contributed by atoms with van der Waals surface area (Å²) in [6, 6.07) is 7.61. The highest BCUT2D eigenvalue weighted by Gasteiger charge is 2.18. The molecule has 0 fully saturated rings. The highest BCUT2D eigenvalue weighted by Crippen LogP contribution is 2.15. The van der Waals surface area contributed by atoms with Crippen molar-refractivity contribution >= 4 is 17.5 Å². The number of carbonyl (C=O) groups is 2. The van der Waals surface area contributed by atoms with Crippen LogP contribution in [-0.2, 0) is 9.59 Å². The largest absolute Gasteiger partial charge is 0.342 e. The van der Waals surface area contributed by atoms with Crippen molar-refractivity contribution in [1.29, 1.82) is 0 Å². The Labute approximate surface area is 115 Å². The number of nitrogens with zero attached hydrogens (tertiary/aromatic N) is 2. The van der Waals surface area contributed by atoms with E-state index in [1.54, 1.807) is 4.90 Å². The van der Waals surface area contributed by atoms with Crippen LogP contribution in [0.1, 0.15) is 26.3 Å². The van der Waals surface area contributed by atoms with Crippen molar-refractivity contribution in [2.24, 2.45) is 0 Å². The molecular weight excluding hydrogens is 240 g/mol. The second-order valence-corrected chi connectivity index (χ2v) is 4.51. The Balaban J connectivity index is 2.87. The van der Waals surface area contributed by atoms with Crippen LogP contribution in [0, 0.1) is 6.92 Å². The Morgan fingerprint density at radius 3 is 2.00 bits per heavy atom. The quantitative estimate of drug-likeness (QED) is 0.816. The lowest BCUT2D eigenvalue weighted by atomic mass is 10.2. The first-order valence-electron chi connectivity index (χ1n) is 6.62. The molecule has 1 aromatic rings. The molecule has 0 saturated heterocycles. The van der Waals surface area contributed by atoms with Gasteiger partial charge in [0.25, 0.3) is 0 Å². The normalized spacial score (nSPS) is 10.1. The third kappa shape index (κ3) is 4.09. The minimum atomic E-state index is -0.121. The number of carbonyl (C=O) groups excluding carboxylic acids is 2. The molecule has 0 aromatic heterocycles. The maximum Gasteiger partial charge on any atom is 0.242 e. The molecule has 104 valence electrons. The van der Waals surface area contributed by atoms with Crippen molar-refractivity contribution in [3.63, 3.8) is 0 Å². The summed E-state index contributed by atoms with van der Waals surface area (Å²) in [6.07, 6.45) is 0. The molecule has 0 radical (unpaired) electrons. The summed E-state index contributed by atoms with van der Waals surface area (Å²) < 4.78 is 0. The van der Waals surface area contributed by atoms with Crippen molar-refractivity contribution in [3.8, 4) is 0 Å². The van der Waals surface area contributed by atoms with Gasteiger partial charge in [0, 0.05) is 25.7 Å². The summed E-state index contributed by atoms with van der Waals surface area (Å²) in [4.78, 5) is 27.1. The average molecular weight is 262 g/mol. The van der Waals surface area contributed by atoms with E-state index in [-0.39, 0.29) is 18.4 Å². The third-order valence-electron chi connectivity index (χ3n) is 3.14. The molecule has 1 rings (SSSR count). The van der Waals surface area contributed by atoms with E-state index < -0.39 is 0 Å². The van der Waals surface area contributed by atoms with E-state index in [0.717, 1.165) is 11.3 Å². The minimum absolute atomic E-state index is 0.0271. The Hall–Kier alpha value is -1.84. The first-order chi connectivity index (χ1) is 8.99. The van der Waals surface area contributed by atoms with Gasteiger partial charge >= 0.3 is 0 Å². The van der Waals surface area contributed by atoms with Crippen molar-refractivity contribution in [2.75, 3.05) is 24.5 Å². The summed E-state index contributed by atoms with van der Waals surface area (Å²) in [5.74, 6) is -0.148. The van der Waals surface area contributed by atoms with Gasteiger partial charge in [-0.05, 0) is 32.9 Å². The van der Waals surface area contributed by atoms with Crippen molar-refractivity contribution in [2.45, 2.75) is 27.7 Å². The van der Waals surface area contributed by atoms with Crippen LogP contribution in [0.3, 0.4) is 0 Å². The second-order valence-electron chi connectivity index (χ2n) is 4.51. The van der Waals surface area contributed by atoms with Gasteiger partial charge in [0.15, 0.2) is 0 Å². The molecule has 0 spiro atoms. The van der Waals surface area contributed by atoms with E-state index in [0.29, 0.717) is 13.1 Å². The molecule has 1 aromatic carbocycles. The van der Waals surface area contributed by atoms with Crippen LogP contribution in [0.2, 0.25) is 0 Å². The fraction of sp³-hybridized carbons (Fsp3) is 0.467. The zero-order chi connectivity index (χ0) is 14.4. The molecule has 2 amide bonds. The van der Waals surface area contributed by atoms with Gasteiger partial charge in [0.1, 0.15) is 6.54 Å². The predicted molar refractivity (Wildman–Crippen MR) is 77.1 cm³/mol. The van der Waals surface area contributed by atoms with Crippen LogP contribution < -0.4 is 4.90 Å². The Morgan fingerprint density at radius 1 is 1.05 bits per heavy atom.